The van der Waals surface area contributed by atoms with Crippen LogP contribution in [0.25, 0.3) is 0 Å². The summed E-state index contributed by atoms with van der Waals surface area (Å²) >= 11 is 0. The van der Waals surface area contributed by atoms with E-state index in [4.69, 9.17) is 9.15 Å². The van der Waals surface area contributed by atoms with E-state index < -0.39 is 6.10 Å². The monoisotopic (exact) mass is 365 g/mol. The van der Waals surface area contributed by atoms with Crippen molar-refractivity contribution in [1.29, 1.82) is 0 Å². The largest absolute Gasteiger partial charge is 0.467 e. The zero-order valence-corrected chi connectivity index (χ0v) is 15.8. The van der Waals surface area contributed by atoms with Crippen LogP contribution in [-0.2, 0) is 24.4 Å². The SMILES string of the molecule is Cc1ccc(CN(Cc2ccccc2)CC(O)COCc2ccco2)cc1. The van der Waals surface area contributed by atoms with Crippen molar-refractivity contribution < 1.29 is 14.3 Å². The molecule has 0 radical (unpaired) electrons. The fraction of sp³-hybridized carbons (Fsp3) is 0.304. The third kappa shape index (κ3) is 6.68. The Bertz CT molecular complexity index is 769. The van der Waals surface area contributed by atoms with Crippen LogP contribution in [0.4, 0.5) is 0 Å². The van der Waals surface area contributed by atoms with Crippen LogP contribution in [0.5, 0.6) is 0 Å². The minimum Gasteiger partial charge on any atom is -0.467 e. The van der Waals surface area contributed by atoms with Crippen LogP contribution in [0.1, 0.15) is 22.5 Å². The Morgan fingerprint density at radius 3 is 2.30 bits per heavy atom. The quantitative estimate of drug-likeness (QED) is 0.586. The number of ether oxygens (including phenoxy) is 1. The molecule has 3 aromatic rings. The van der Waals surface area contributed by atoms with Gasteiger partial charge < -0.3 is 14.3 Å². The van der Waals surface area contributed by atoms with E-state index in [0.717, 1.165) is 18.8 Å². The highest BCUT2D eigenvalue weighted by atomic mass is 16.5. The molecule has 0 saturated heterocycles. The molecule has 0 spiro atoms. The second-order valence-corrected chi connectivity index (χ2v) is 6.89. The molecular formula is C23H27NO3. The van der Waals surface area contributed by atoms with Crippen LogP contribution in [0.15, 0.2) is 77.4 Å². The van der Waals surface area contributed by atoms with Gasteiger partial charge in [0.05, 0.1) is 19.0 Å². The molecule has 0 aliphatic carbocycles. The molecule has 1 atom stereocenters. The molecule has 27 heavy (non-hydrogen) atoms. The predicted molar refractivity (Wildman–Crippen MR) is 106 cm³/mol. The van der Waals surface area contributed by atoms with E-state index in [1.165, 1.54) is 16.7 Å². The van der Waals surface area contributed by atoms with Crippen LogP contribution in [0, 0.1) is 6.92 Å². The molecule has 4 heteroatoms. The molecule has 0 amide bonds. The highest BCUT2D eigenvalue weighted by molar-refractivity contribution is 5.21. The van der Waals surface area contributed by atoms with Crippen molar-refractivity contribution in [2.24, 2.45) is 0 Å². The molecule has 142 valence electrons. The molecule has 0 saturated carbocycles. The number of nitrogens with zero attached hydrogens (tertiary/aromatic N) is 1. The molecule has 2 aromatic carbocycles. The maximum Gasteiger partial charge on any atom is 0.129 e. The Morgan fingerprint density at radius 1 is 0.926 bits per heavy atom. The van der Waals surface area contributed by atoms with E-state index >= 15 is 0 Å². The van der Waals surface area contributed by atoms with Crippen molar-refractivity contribution in [3.05, 3.63) is 95.4 Å². The molecule has 0 aliphatic rings. The Kier molecular flexibility index (Phi) is 7.22. The summed E-state index contributed by atoms with van der Waals surface area (Å²) in [5.41, 5.74) is 3.72. The molecule has 0 fully saturated rings. The van der Waals surface area contributed by atoms with E-state index in [2.05, 4.69) is 48.2 Å². The van der Waals surface area contributed by atoms with Crippen LogP contribution in [0.3, 0.4) is 0 Å². The van der Waals surface area contributed by atoms with Gasteiger partial charge >= 0.3 is 0 Å². The first-order chi connectivity index (χ1) is 13.2. The number of rotatable bonds is 10. The van der Waals surface area contributed by atoms with Gasteiger partial charge in [0.1, 0.15) is 12.4 Å². The highest BCUT2D eigenvalue weighted by Gasteiger charge is 2.14. The molecule has 1 heterocycles. The molecule has 1 aromatic heterocycles. The van der Waals surface area contributed by atoms with Gasteiger partial charge in [-0.25, -0.2) is 0 Å². The first-order valence-electron chi connectivity index (χ1n) is 9.29. The van der Waals surface area contributed by atoms with E-state index in [0.29, 0.717) is 13.2 Å². The lowest BCUT2D eigenvalue weighted by Crippen LogP contribution is -2.34. The van der Waals surface area contributed by atoms with Gasteiger partial charge in [-0.15, -0.1) is 0 Å². The lowest BCUT2D eigenvalue weighted by atomic mass is 10.1. The van der Waals surface area contributed by atoms with Gasteiger partial charge in [0.15, 0.2) is 0 Å². The summed E-state index contributed by atoms with van der Waals surface area (Å²) in [6.07, 6.45) is 1.06. The summed E-state index contributed by atoms with van der Waals surface area (Å²) in [7, 11) is 0. The van der Waals surface area contributed by atoms with Gasteiger partial charge in [0.25, 0.3) is 0 Å². The number of furan rings is 1. The number of aliphatic hydroxyl groups excluding tert-OH is 1. The van der Waals surface area contributed by atoms with Gasteiger partial charge in [0.2, 0.25) is 0 Å². The minimum absolute atomic E-state index is 0.278. The Balaban J connectivity index is 1.56. The fourth-order valence-electron chi connectivity index (χ4n) is 3.02. The third-order valence-electron chi connectivity index (χ3n) is 4.38. The first-order valence-corrected chi connectivity index (χ1v) is 9.29. The van der Waals surface area contributed by atoms with Gasteiger partial charge in [-0.1, -0.05) is 60.2 Å². The zero-order valence-electron chi connectivity index (χ0n) is 15.8. The fourth-order valence-corrected chi connectivity index (χ4v) is 3.02. The number of aryl methyl sites for hydroxylation is 1. The Morgan fingerprint density at radius 2 is 1.63 bits per heavy atom. The van der Waals surface area contributed by atoms with E-state index in [9.17, 15) is 5.11 Å². The lowest BCUT2D eigenvalue weighted by molar-refractivity contribution is 0.00253. The molecule has 1 unspecified atom stereocenters. The molecule has 0 bridgehead atoms. The molecular weight excluding hydrogens is 338 g/mol. The maximum absolute atomic E-state index is 10.5. The van der Waals surface area contributed by atoms with Gasteiger partial charge in [-0.2, -0.15) is 0 Å². The lowest BCUT2D eigenvalue weighted by Gasteiger charge is -2.25. The molecule has 4 nitrogen and oxygen atoms in total. The topological polar surface area (TPSA) is 45.8 Å². The summed E-state index contributed by atoms with van der Waals surface area (Å²) < 4.78 is 10.8. The maximum atomic E-state index is 10.5. The summed E-state index contributed by atoms with van der Waals surface area (Å²) in [6, 6.07) is 22.6. The number of aliphatic hydroxyl groups is 1. The highest BCUT2D eigenvalue weighted by Crippen LogP contribution is 2.12. The van der Waals surface area contributed by atoms with E-state index in [1.807, 2.05) is 30.3 Å². The van der Waals surface area contributed by atoms with Gasteiger partial charge in [0, 0.05) is 19.6 Å². The Hall–Kier alpha value is -2.40. The van der Waals surface area contributed by atoms with E-state index in [1.54, 1.807) is 6.26 Å². The number of hydrogen-bond donors (Lipinski definition) is 1. The number of benzene rings is 2. The third-order valence-corrected chi connectivity index (χ3v) is 4.38. The van der Waals surface area contributed by atoms with Gasteiger partial charge in [-0.05, 0) is 30.2 Å². The summed E-state index contributed by atoms with van der Waals surface area (Å²) in [5.74, 6) is 0.767. The zero-order chi connectivity index (χ0) is 18.9. The summed E-state index contributed by atoms with van der Waals surface area (Å²) in [5, 5.41) is 10.5. The second kappa shape index (κ2) is 10.1. The normalized spacial score (nSPS) is 12.4. The van der Waals surface area contributed by atoms with Crippen LogP contribution >= 0.6 is 0 Å². The molecule has 1 N–H and O–H groups in total. The van der Waals surface area contributed by atoms with E-state index in [-0.39, 0.29) is 6.61 Å². The van der Waals surface area contributed by atoms with Crippen LogP contribution in [0.2, 0.25) is 0 Å². The average Bonchev–Trinajstić information content (AvgIpc) is 3.18. The summed E-state index contributed by atoms with van der Waals surface area (Å²) in [4.78, 5) is 2.25. The van der Waals surface area contributed by atoms with Crippen molar-refractivity contribution in [3.8, 4) is 0 Å². The molecule has 0 aliphatic heterocycles. The van der Waals surface area contributed by atoms with Crippen molar-refractivity contribution in [3.63, 3.8) is 0 Å². The van der Waals surface area contributed by atoms with Crippen molar-refractivity contribution in [2.45, 2.75) is 32.7 Å². The molecule has 3 rings (SSSR count). The van der Waals surface area contributed by atoms with Crippen LogP contribution < -0.4 is 0 Å². The standard InChI is InChI=1S/C23H27NO3/c1-19-9-11-21(12-10-19)15-24(14-20-6-3-2-4-7-20)16-22(25)17-26-18-23-8-5-13-27-23/h2-13,22,25H,14-18H2,1H3. The summed E-state index contributed by atoms with van der Waals surface area (Å²) in [6.45, 7) is 4.85. The van der Waals surface area contributed by atoms with Crippen molar-refractivity contribution in [1.82, 2.24) is 4.90 Å². The first kappa shape index (κ1) is 19.4. The smallest absolute Gasteiger partial charge is 0.129 e. The van der Waals surface area contributed by atoms with Crippen LogP contribution in [-0.4, -0.2) is 29.3 Å². The second-order valence-electron chi connectivity index (χ2n) is 6.89. The van der Waals surface area contributed by atoms with Crippen molar-refractivity contribution in [2.75, 3.05) is 13.2 Å². The van der Waals surface area contributed by atoms with Crippen molar-refractivity contribution >= 4 is 0 Å². The minimum atomic E-state index is -0.561. The van der Waals surface area contributed by atoms with Gasteiger partial charge in [-0.3, -0.25) is 4.90 Å². The predicted octanol–water partition coefficient (Wildman–Crippen LogP) is 4.17. The Labute approximate surface area is 161 Å². The number of hydrogen-bond acceptors (Lipinski definition) is 4. The average molecular weight is 365 g/mol.